The van der Waals surface area contributed by atoms with E-state index in [1.54, 1.807) is 6.92 Å². The number of amides is 1. The summed E-state index contributed by atoms with van der Waals surface area (Å²) in [5.41, 5.74) is 1.64. The molecular formula is C21H32N4O3S. The third-order valence-electron chi connectivity index (χ3n) is 5.69. The van der Waals surface area contributed by atoms with E-state index in [2.05, 4.69) is 11.4 Å². The number of carbonyl (C=O) groups is 1. The molecule has 160 valence electrons. The van der Waals surface area contributed by atoms with Gasteiger partial charge in [0, 0.05) is 26.2 Å². The predicted molar refractivity (Wildman–Crippen MR) is 113 cm³/mol. The van der Waals surface area contributed by atoms with Crippen molar-refractivity contribution in [2.24, 2.45) is 5.92 Å². The highest BCUT2D eigenvalue weighted by Crippen LogP contribution is 2.26. The fraction of sp³-hybridized carbons (Fsp3) is 0.619. The van der Waals surface area contributed by atoms with Crippen molar-refractivity contribution in [1.29, 1.82) is 5.26 Å². The van der Waals surface area contributed by atoms with Crippen LogP contribution in [0.2, 0.25) is 0 Å². The molecule has 1 saturated heterocycles. The minimum absolute atomic E-state index is 0.0144. The second-order valence-electron chi connectivity index (χ2n) is 8.43. The van der Waals surface area contributed by atoms with Gasteiger partial charge in [-0.1, -0.05) is 31.5 Å². The van der Waals surface area contributed by atoms with Crippen LogP contribution in [0.25, 0.3) is 0 Å². The molecule has 1 N–H and O–H groups in total. The van der Waals surface area contributed by atoms with Crippen LogP contribution in [0.5, 0.6) is 0 Å². The molecule has 0 saturated carbocycles. The zero-order valence-electron chi connectivity index (χ0n) is 18.2. The molecule has 1 fully saturated rings. The summed E-state index contributed by atoms with van der Waals surface area (Å²) in [6.45, 7) is 12.9. The van der Waals surface area contributed by atoms with Gasteiger partial charge in [0.15, 0.2) is 0 Å². The first-order chi connectivity index (χ1) is 13.4. The molecule has 1 aromatic carbocycles. The zero-order valence-corrected chi connectivity index (χ0v) is 19.1. The average molecular weight is 421 g/mol. The van der Waals surface area contributed by atoms with Gasteiger partial charge in [-0.2, -0.15) is 9.57 Å². The van der Waals surface area contributed by atoms with Crippen molar-refractivity contribution in [1.82, 2.24) is 14.5 Å². The summed E-state index contributed by atoms with van der Waals surface area (Å²) in [7, 11) is -3.57. The van der Waals surface area contributed by atoms with Crippen LogP contribution in [0, 0.1) is 38.0 Å². The highest BCUT2D eigenvalue weighted by atomic mass is 32.2. The lowest BCUT2D eigenvalue weighted by Gasteiger charge is -2.35. The van der Waals surface area contributed by atoms with Crippen LogP contribution < -0.4 is 5.32 Å². The number of aryl methyl sites for hydroxylation is 3. The number of benzene rings is 1. The van der Waals surface area contributed by atoms with Crippen molar-refractivity contribution in [2.45, 2.75) is 52.0 Å². The van der Waals surface area contributed by atoms with Gasteiger partial charge in [0.05, 0.1) is 17.5 Å². The molecule has 0 aliphatic carbocycles. The Labute approximate surface area is 174 Å². The maximum Gasteiger partial charge on any atom is 0.243 e. The summed E-state index contributed by atoms with van der Waals surface area (Å²) < 4.78 is 27.8. The van der Waals surface area contributed by atoms with Crippen LogP contribution in [-0.4, -0.2) is 61.8 Å². The van der Waals surface area contributed by atoms with Gasteiger partial charge in [0.25, 0.3) is 0 Å². The molecule has 7 nitrogen and oxygen atoms in total. The lowest BCUT2D eigenvalue weighted by molar-refractivity contribution is -0.124. The first kappa shape index (κ1) is 23.3. The summed E-state index contributed by atoms with van der Waals surface area (Å²) in [5.74, 6) is -0.233. The maximum atomic E-state index is 13.2. The third kappa shape index (κ3) is 5.16. The molecule has 0 radical (unpaired) electrons. The standard InChI is InChI=1S/C21H32N4O3S/c1-15(2)21(6,14-22)23-19(26)13-24-7-9-25(10-8-24)29(27,28)20-17(4)11-16(3)12-18(20)5/h11-12,15H,7-10,13H2,1-6H3,(H,23,26)/t21-/m0/s1. The Hall–Kier alpha value is -1.95. The van der Waals surface area contributed by atoms with Crippen molar-refractivity contribution in [2.75, 3.05) is 32.7 Å². The van der Waals surface area contributed by atoms with Crippen LogP contribution >= 0.6 is 0 Å². The summed E-state index contributed by atoms with van der Waals surface area (Å²) in [6, 6.07) is 5.95. The van der Waals surface area contributed by atoms with Crippen LogP contribution in [0.15, 0.2) is 17.0 Å². The molecule has 0 unspecified atom stereocenters. The maximum absolute atomic E-state index is 13.2. The quantitative estimate of drug-likeness (QED) is 0.759. The van der Waals surface area contributed by atoms with E-state index >= 15 is 0 Å². The van der Waals surface area contributed by atoms with E-state index in [1.807, 2.05) is 51.7 Å². The fourth-order valence-electron chi connectivity index (χ4n) is 3.66. The van der Waals surface area contributed by atoms with Gasteiger partial charge in [-0.25, -0.2) is 8.42 Å². The molecule has 1 aliphatic rings. The fourth-order valence-corrected chi connectivity index (χ4v) is 5.50. The Morgan fingerprint density at radius 3 is 2.14 bits per heavy atom. The Morgan fingerprint density at radius 2 is 1.69 bits per heavy atom. The lowest BCUT2D eigenvalue weighted by Crippen LogP contribution is -2.55. The first-order valence-electron chi connectivity index (χ1n) is 9.93. The molecule has 1 heterocycles. The van der Waals surface area contributed by atoms with Crippen molar-refractivity contribution in [3.63, 3.8) is 0 Å². The molecule has 1 amide bonds. The van der Waals surface area contributed by atoms with Crippen LogP contribution in [0.3, 0.4) is 0 Å². The molecule has 8 heteroatoms. The van der Waals surface area contributed by atoms with E-state index in [1.165, 1.54) is 4.31 Å². The summed E-state index contributed by atoms with van der Waals surface area (Å²) >= 11 is 0. The number of piperazine rings is 1. The molecular weight excluding hydrogens is 388 g/mol. The third-order valence-corrected chi connectivity index (χ3v) is 7.89. The highest BCUT2D eigenvalue weighted by Gasteiger charge is 2.33. The second-order valence-corrected chi connectivity index (χ2v) is 10.3. The Bertz CT molecular complexity index is 889. The number of nitriles is 1. The van der Waals surface area contributed by atoms with E-state index in [0.717, 1.165) is 16.7 Å². The van der Waals surface area contributed by atoms with Gasteiger partial charge in [-0.05, 0) is 44.7 Å². The van der Waals surface area contributed by atoms with Gasteiger partial charge in [-0.15, -0.1) is 0 Å². The van der Waals surface area contributed by atoms with Gasteiger partial charge in [0.2, 0.25) is 15.9 Å². The van der Waals surface area contributed by atoms with Crippen LogP contribution in [-0.2, 0) is 14.8 Å². The second kappa shape index (κ2) is 8.82. The number of hydrogen-bond donors (Lipinski definition) is 1. The number of sulfonamides is 1. The minimum Gasteiger partial charge on any atom is -0.337 e. The lowest BCUT2D eigenvalue weighted by atomic mass is 9.90. The summed E-state index contributed by atoms with van der Waals surface area (Å²) in [6.07, 6.45) is 0. The van der Waals surface area contributed by atoms with Crippen LogP contribution in [0.1, 0.15) is 37.5 Å². The number of nitrogens with zero attached hydrogens (tertiary/aromatic N) is 3. The number of carbonyl (C=O) groups excluding carboxylic acids is 1. The van der Waals surface area contributed by atoms with E-state index in [-0.39, 0.29) is 18.4 Å². The van der Waals surface area contributed by atoms with Gasteiger partial charge >= 0.3 is 0 Å². The van der Waals surface area contributed by atoms with E-state index in [9.17, 15) is 18.5 Å². The largest absolute Gasteiger partial charge is 0.337 e. The Balaban J connectivity index is 2.02. The Kier molecular flexibility index (Phi) is 7.10. The predicted octanol–water partition coefficient (Wildman–Crippen LogP) is 1.97. The molecule has 1 aromatic rings. The Morgan fingerprint density at radius 1 is 1.17 bits per heavy atom. The monoisotopic (exact) mass is 420 g/mol. The summed E-state index contributed by atoms with van der Waals surface area (Å²) in [5, 5.41) is 12.2. The van der Waals surface area contributed by atoms with E-state index in [0.29, 0.717) is 31.1 Å². The molecule has 1 atom stereocenters. The molecule has 29 heavy (non-hydrogen) atoms. The van der Waals surface area contributed by atoms with Crippen molar-refractivity contribution in [3.8, 4) is 6.07 Å². The molecule has 0 spiro atoms. The van der Waals surface area contributed by atoms with Crippen molar-refractivity contribution < 1.29 is 13.2 Å². The molecule has 2 rings (SSSR count). The molecule has 1 aliphatic heterocycles. The average Bonchev–Trinajstić information content (AvgIpc) is 2.60. The van der Waals surface area contributed by atoms with E-state index < -0.39 is 15.6 Å². The zero-order chi connectivity index (χ0) is 22.0. The van der Waals surface area contributed by atoms with Gasteiger partial charge < -0.3 is 5.32 Å². The van der Waals surface area contributed by atoms with Crippen molar-refractivity contribution >= 4 is 15.9 Å². The number of rotatable bonds is 6. The normalized spacial score (nSPS) is 18.3. The topological polar surface area (TPSA) is 93.5 Å². The molecule has 0 aromatic heterocycles. The van der Waals surface area contributed by atoms with Crippen molar-refractivity contribution in [3.05, 3.63) is 28.8 Å². The SMILES string of the molecule is Cc1cc(C)c(S(=O)(=O)N2CCN(CC(=O)N[C@@](C)(C#N)C(C)C)CC2)c(C)c1. The highest BCUT2D eigenvalue weighted by molar-refractivity contribution is 7.89. The number of nitrogens with one attached hydrogen (secondary N) is 1. The molecule has 0 bridgehead atoms. The summed E-state index contributed by atoms with van der Waals surface area (Å²) in [4.78, 5) is 14.7. The van der Waals surface area contributed by atoms with Gasteiger partial charge in [0.1, 0.15) is 5.54 Å². The minimum atomic E-state index is -3.57. The van der Waals surface area contributed by atoms with Gasteiger partial charge in [-0.3, -0.25) is 9.69 Å². The smallest absolute Gasteiger partial charge is 0.243 e. The van der Waals surface area contributed by atoms with E-state index in [4.69, 9.17) is 0 Å². The number of hydrogen-bond acceptors (Lipinski definition) is 5. The first-order valence-corrected chi connectivity index (χ1v) is 11.4. The van der Waals surface area contributed by atoms with Crippen LogP contribution in [0.4, 0.5) is 0 Å².